The van der Waals surface area contributed by atoms with Crippen molar-refractivity contribution in [3.8, 4) is 5.75 Å². The number of pyridine rings is 1. The van der Waals surface area contributed by atoms with Gasteiger partial charge in [-0.05, 0) is 48.1 Å². The summed E-state index contributed by atoms with van der Waals surface area (Å²) in [5, 5.41) is 0. The zero-order chi connectivity index (χ0) is 16.9. The second-order valence-electron chi connectivity index (χ2n) is 6.17. The topological polar surface area (TPSA) is 62.4 Å². The number of amides is 1. The quantitative estimate of drug-likeness (QED) is 0.938. The summed E-state index contributed by atoms with van der Waals surface area (Å²) in [4.78, 5) is 28.5. The van der Waals surface area contributed by atoms with Gasteiger partial charge in [-0.25, -0.2) is 0 Å². The number of nitrogens with zero attached hydrogens (tertiary/aromatic N) is 1. The molecule has 1 aromatic carbocycles. The highest BCUT2D eigenvalue weighted by Crippen LogP contribution is 2.27. The van der Waals surface area contributed by atoms with Crippen molar-refractivity contribution < 1.29 is 9.53 Å². The maximum Gasteiger partial charge on any atom is 0.248 e. The van der Waals surface area contributed by atoms with E-state index < -0.39 is 0 Å². The summed E-state index contributed by atoms with van der Waals surface area (Å²) in [7, 11) is 1.63. The number of aromatic nitrogens is 1. The molecule has 0 saturated carbocycles. The Balaban J connectivity index is 1.58. The Morgan fingerprint density at radius 3 is 2.75 bits per heavy atom. The average Bonchev–Trinajstić information content (AvgIpc) is 2.62. The first-order chi connectivity index (χ1) is 11.7. The molecule has 1 amide bonds. The van der Waals surface area contributed by atoms with Crippen LogP contribution < -0.4 is 10.3 Å². The number of nitrogens with one attached hydrogen (secondary N) is 1. The van der Waals surface area contributed by atoms with Gasteiger partial charge in [0.2, 0.25) is 11.5 Å². The van der Waals surface area contributed by atoms with E-state index in [4.69, 9.17) is 4.74 Å². The number of aromatic amines is 1. The van der Waals surface area contributed by atoms with E-state index in [-0.39, 0.29) is 11.5 Å². The van der Waals surface area contributed by atoms with Crippen LogP contribution in [0.1, 0.15) is 29.9 Å². The van der Waals surface area contributed by atoms with E-state index in [9.17, 15) is 9.59 Å². The van der Waals surface area contributed by atoms with Gasteiger partial charge in [0.15, 0.2) is 0 Å². The maximum atomic E-state index is 12.5. The molecule has 126 valence electrons. The first-order valence-corrected chi connectivity index (χ1v) is 8.25. The summed E-state index contributed by atoms with van der Waals surface area (Å²) in [5.74, 6) is 1.27. The van der Waals surface area contributed by atoms with Gasteiger partial charge >= 0.3 is 0 Å². The fraction of sp³-hybridized carbons (Fsp3) is 0.368. The van der Waals surface area contributed by atoms with Gasteiger partial charge in [0, 0.05) is 25.4 Å². The van der Waals surface area contributed by atoms with Gasteiger partial charge in [0.25, 0.3) is 0 Å². The zero-order valence-electron chi connectivity index (χ0n) is 13.8. The number of likely N-dealkylation sites (tertiary alicyclic amines) is 1. The second kappa shape index (κ2) is 7.34. The summed E-state index contributed by atoms with van der Waals surface area (Å²) in [6.07, 6.45) is 3.88. The van der Waals surface area contributed by atoms with Crippen molar-refractivity contribution in [2.75, 3.05) is 20.2 Å². The Hall–Kier alpha value is -2.56. The average molecular weight is 326 g/mol. The van der Waals surface area contributed by atoms with Crippen LogP contribution in [0.25, 0.3) is 0 Å². The normalized spacial score (nSPS) is 15.3. The molecule has 1 N–H and O–H groups in total. The summed E-state index contributed by atoms with van der Waals surface area (Å²) in [6, 6.07) is 11.3. The second-order valence-corrected chi connectivity index (χ2v) is 6.17. The molecule has 5 nitrogen and oxygen atoms in total. The number of carbonyl (C=O) groups excluding carboxylic acids is 1. The zero-order valence-corrected chi connectivity index (χ0v) is 13.8. The molecular weight excluding hydrogens is 304 g/mol. The molecule has 24 heavy (non-hydrogen) atoms. The highest BCUT2D eigenvalue weighted by Gasteiger charge is 2.24. The van der Waals surface area contributed by atoms with Crippen molar-refractivity contribution in [2.45, 2.75) is 25.2 Å². The van der Waals surface area contributed by atoms with E-state index in [2.05, 4.69) is 4.98 Å². The lowest BCUT2D eigenvalue weighted by Crippen LogP contribution is -2.38. The molecule has 0 aliphatic carbocycles. The number of ether oxygens (including phenoxy) is 1. The SMILES string of the molecule is COc1cccc(CC(=O)N2CCC(c3cc[nH]c(=O)c3)CC2)c1. The van der Waals surface area contributed by atoms with Crippen LogP contribution in [0.2, 0.25) is 0 Å². The molecule has 2 heterocycles. The number of hydrogen-bond acceptors (Lipinski definition) is 3. The summed E-state index contributed by atoms with van der Waals surface area (Å²) < 4.78 is 5.20. The van der Waals surface area contributed by atoms with Gasteiger partial charge in [-0.2, -0.15) is 0 Å². The summed E-state index contributed by atoms with van der Waals surface area (Å²) >= 11 is 0. The van der Waals surface area contributed by atoms with E-state index in [1.807, 2.05) is 35.2 Å². The molecule has 5 heteroatoms. The molecule has 0 radical (unpaired) electrons. The van der Waals surface area contributed by atoms with Gasteiger partial charge in [0.05, 0.1) is 13.5 Å². The lowest BCUT2D eigenvalue weighted by Gasteiger charge is -2.32. The molecule has 0 bridgehead atoms. The van der Waals surface area contributed by atoms with Crippen LogP contribution in [-0.2, 0) is 11.2 Å². The van der Waals surface area contributed by atoms with Crippen LogP contribution in [-0.4, -0.2) is 36.0 Å². The standard InChI is InChI=1S/C19H22N2O3/c1-24-17-4-2-3-14(11-17)12-19(23)21-9-6-15(7-10-21)16-5-8-20-18(22)13-16/h2-5,8,11,13,15H,6-7,9-10,12H2,1H3,(H,20,22). The van der Waals surface area contributed by atoms with E-state index >= 15 is 0 Å². The van der Waals surface area contributed by atoms with Crippen LogP contribution in [0.4, 0.5) is 0 Å². The number of methoxy groups -OCH3 is 1. The predicted molar refractivity (Wildman–Crippen MR) is 92.3 cm³/mol. The molecular formula is C19H22N2O3. The number of benzene rings is 1. The Labute approximate surface area is 141 Å². The third-order valence-electron chi connectivity index (χ3n) is 4.61. The van der Waals surface area contributed by atoms with Crippen LogP contribution in [0, 0.1) is 0 Å². The van der Waals surface area contributed by atoms with Gasteiger partial charge in [-0.3, -0.25) is 9.59 Å². The molecule has 1 saturated heterocycles. The molecule has 1 aliphatic heterocycles. The van der Waals surface area contributed by atoms with Crippen molar-refractivity contribution in [3.63, 3.8) is 0 Å². The van der Waals surface area contributed by atoms with Gasteiger partial charge in [-0.15, -0.1) is 0 Å². The Bertz CT molecular complexity index is 761. The van der Waals surface area contributed by atoms with Crippen LogP contribution in [0.5, 0.6) is 5.75 Å². The van der Waals surface area contributed by atoms with Gasteiger partial charge in [0.1, 0.15) is 5.75 Å². The number of piperidine rings is 1. The monoisotopic (exact) mass is 326 g/mol. The molecule has 3 rings (SSSR count). The van der Waals surface area contributed by atoms with Gasteiger partial charge < -0.3 is 14.6 Å². The third-order valence-corrected chi connectivity index (χ3v) is 4.61. The minimum absolute atomic E-state index is 0.0657. The van der Waals surface area contributed by atoms with E-state index in [1.165, 1.54) is 0 Å². The highest BCUT2D eigenvalue weighted by molar-refractivity contribution is 5.79. The molecule has 0 unspecified atom stereocenters. The summed E-state index contributed by atoms with van der Waals surface area (Å²) in [6.45, 7) is 1.47. The highest BCUT2D eigenvalue weighted by atomic mass is 16.5. The van der Waals surface area contributed by atoms with E-state index in [0.29, 0.717) is 12.3 Å². The lowest BCUT2D eigenvalue weighted by atomic mass is 9.90. The van der Waals surface area contributed by atoms with Crippen molar-refractivity contribution in [3.05, 3.63) is 64.1 Å². The summed E-state index contributed by atoms with van der Waals surface area (Å²) in [5.41, 5.74) is 1.97. The third kappa shape index (κ3) is 3.85. The van der Waals surface area contributed by atoms with Crippen molar-refractivity contribution >= 4 is 5.91 Å². The molecule has 1 aromatic heterocycles. The first kappa shape index (κ1) is 16.3. The fourth-order valence-corrected chi connectivity index (χ4v) is 3.25. The number of carbonyl (C=O) groups is 1. The largest absolute Gasteiger partial charge is 0.497 e. The Morgan fingerprint density at radius 2 is 2.04 bits per heavy atom. The van der Waals surface area contributed by atoms with Crippen LogP contribution >= 0.6 is 0 Å². The van der Waals surface area contributed by atoms with Crippen molar-refractivity contribution in [1.29, 1.82) is 0 Å². The van der Waals surface area contributed by atoms with Gasteiger partial charge in [-0.1, -0.05) is 12.1 Å². The fourth-order valence-electron chi connectivity index (χ4n) is 3.25. The minimum Gasteiger partial charge on any atom is -0.497 e. The van der Waals surface area contributed by atoms with E-state index in [0.717, 1.165) is 42.8 Å². The number of hydrogen-bond donors (Lipinski definition) is 1. The van der Waals surface area contributed by atoms with Crippen LogP contribution in [0.3, 0.4) is 0 Å². The molecule has 1 fully saturated rings. The maximum absolute atomic E-state index is 12.5. The molecule has 1 aliphatic rings. The Morgan fingerprint density at radius 1 is 1.25 bits per heavy atom. The molecule has 0 atom stereocenters. The smallest absolute Gasteiger partial charge is 0.248 e. The first-order valence-electron chi connectivity index (χ1n) is 8.25. The van der Waals surface area contributed by atoms with E-state index in [1.54, 1.807) is 19.4 Å². The predicted octanol–water partition coefficient (Wildman–Crippen LogP) is 2.33. The number of H-pyrrole nitrogens is 1. The molecule has 2 aromatic rings. The van der Waals surface area contributed by atoms with Crippen molar-refractivity contribution in [1.82, 2.24) is 9.88 Å². The Kier molecular flexibility index (Phi) is 4.99. The minimum atomic E-state index is -0.0657. The van der Waals surface area contributed by atoms with Crippen LogP contribution in [0.15, 0.2) is 47.4 Å². The molecule has 0 spiro atoms. The van der Waals surface area contributed by atoms with Crippen molar-refractivity contribution in [2.24, 2.45) is 0 Å². The lowest BCUT2D eigenvalue weighted by molar-refractivity contribution is -0.131. The number of rotatable bonds is 4.